The van der Waals surface area contributed by atoms with Crippen LogP contribution in [0.4, 0.5) is 5.69 Å². The summed E-state index contributed by atoms with van der Waals surface area (Å²) in [6, 6.07) is 6.73. The lowest BCUT2D eigenvalue weighted by atomic mass is 10.2. The number of nitriles is 1. The number of hydrogen-bond acceptors (Lipinski definition) is 3. The van der Waals surface area contributed by atoms with Gasteiger partial charge in [-0.1, -0.05) is 11.6 Å². The minimum absolute atomic E-state index is 0.358. The van der Waals surface area contributed by atoms with Crippen molar-refractivity contribution in [3.63, 3.8) is 0 Å². The van der Waals surface area contributed by atoms with Crippen molar-refractivity contribution in [3.8, 4) is 11.8 Å². The van der Waals surface area contributed by atoms with E-state index in [0.717, 1.165) is 0 Å². The molecule has 16 heavy (non-hydrogen) atoms. The molecule has 84 valence electrons. The zero-order valence-corrected chi connectivity index (χ0v) is 9.71. The first-order valence-electron chi connectivity index (χ1n) is 4.62. The second-order valence-corrected chi connectivity index (χ2v) is 3.60. The van der Waals surface area contributed by atoms with E-state index in [-0.39, 0.29) is 5.91 Å². The second-order valence-electron chi connectivity index (χ2n) is 3.19. The predicted octanol–water partition coefficient (Wildman–Crippen LogP) is 2.45. The molecule has 1 rings (SSSR count). The molecule has 1 unspecified atom stereocenters. The molecule has 1 amide bonds. The number of amides is 1. The summed E-state index contributed by atoms with van der Waals surface area (Å²) in [5.41, 5.74) is 0.540. The number of ether oxygens (including phenoxy) is 1. The number of hydrogen-bond donors (Lipinski definition) is 1. The van der Waals surface area contributed by atoms with Gasteiger partial charge in [0.05, 0.1) is 18.2 Å². The zero-order valence-electron chi connectivity index (χ0n) is 8.95. The number of nitrogens with zero attached hydrogens (tertiary/aromatic N) is 1. The van der Waals surface area contributed by atoms with Crippen molar-refractivity contribution in [2.75, 3.05) is 12.4 Å². The maximum Gasteiger partial charge on any atom is 0.241 e. The van der Waals surface area contributed by atoms with Crippen LogP contribution in [-0.4, -0.2) is 13.0 Å². The fourth-order valence-electron chi connectivity index (χ4n) is 1.05. The Morgan fingerprint density at radius 1 is 1.62 bits per heavy atom. The van der Waals surface area contributed by atoms with Crippen molar-refractivity contribution >= 4 is 23.2 Å². The van der Waals surface area contributed by atoms with Gasteiger partial charge >= 0.3 is 0 Å². The van der Waals surface area contributed by atoms with Crippen LogP contribution in [0.3, 0.4) is 0 Å². The van der Waals surface area contributed by atoms with Crippen LogP contribution in [0.1, 0.15) is 6.92 Å². The molecule has 0 bridgehead atoms. The van der Waals surface area contributed by atoms with Crippen LogP contribution in [0, 0.1) is 17.2 Å². The number of carbonyl (C=O) groups is 1. The summed E-state index contributed by atoms with van der Waals surface area (Å²) in [4.78, 5) is 11.4. The fourth-order valence-corrected chi connectivity index (χ4v) is 1.31. The lowest BCUT2D eigenvalue weighted by Gasteiger charge is -2.08. The summed E-state index contributed by atoms with van der Waals surface area (Å²) in [6.45, 7) is 1.53. The van der Waals surface area contributed by atoms with Gasteiger partial charge in [-0.2, -0.15) is 5.26 Å². The van der Waals surface area contributed by atoms with Crippen molar-refractivity contribution in [2.45, 2.75) is 6.92 Å². The smallest absolute Gasteiger partial charge is 0.241 e. The van der Waals surface area contributed by atoms with Gasteiger partial charge in [-0.25, -0.2) is 0 Å². The molecule has 1 N–H and O–H groups in total. The van der Waals surface area contributed by atoms with E-state index in [0.29, 0.717) is 16.5 Å². The standard InChI is InChI=1S/C11H11ClN2O2/c1-7(6-13)11(15)14-8-3-4-10(16-2)9(12)5-8/h3-5,7H,1-2H3,(H,14,15). The number of carbonyl (C=O) groups excluding carboxylic acids is 1. The van der Waals surface area contributed by atoms with Crippen LogP contribution >= 0.6 is 11.6 Å². The molecular formula is C11H11ClN2O2. The van der Waals surface area contributed by atoms with E-state index < -0.39 is 5.92 Å². The first kappa shape index (κ1) is 12.3. The third-order valence-electron chi connectivity index (χ3n) is 2.01. The van der Waals surface area contributed by atoms with E-state index in [2.05, 4.69) is 5.32 Å². The van der Waals surface area contributed by atoms with E-state index in [4.69, 9.17) is 21.6 Å². The average Bonchev–Trinajstić information content (AvgIpc) is 2.28. The normalized spacial score (nSPS) is 11.4. The number of benzene rings is 1. The Morgan fingerprint density at radius 3 is 2.81 bits per heavy atom. The minimum atomic E-state index is -0.694. The molecule has 0 aromatic heterocycles. The molecule has 0 aliphatic rings. The third kappa shape index (κ3) is 2.88. The number of halogens is 1. The van der Waals surface area contributed by atoms with Crippen molar-refractivity contribution in [2.24, 2.45) is 5.92 Å². The van der Waals surface area contributed by atoms with Crippen molar-refractivity contribution < 1.29 is 9.53 Å². The number of methoxy groups -OCH3 is 1. The Kier molecular flexibility index (Phi) is 4.15. The maximum absolute atomic E-state index is 11.4. The molecule has 0 spiro atoms. The van der Waals surface area contributed by atoms with Crippen LogP contribution in [-0.2, 0) is 4.79 Å². The maximum atomic E-state index is 11.4. The van der Waals surface area contributed by atoms with E-state index in [1.165, 1.54) is 14.0 Å². The minimum Gasteiger partial charge on any atom is -0.495 e. The van der Waals surface area contributed by atoms with E-state index >= 15 is 0 Å². The van der Waals surface area contributed by atoms with Gasteiger partial charge in [-0.3, -0.25) is 4.79 Å². The van der Waals surface area contributed by atoms with Gasteiger partial charge in [0.2, 0.25) is 5.91 Å². The Morgan fingerprint density at radius 2 is 2.31 bits per heavy atom. The van der Waals surface area contributed by atoms with Gasteiger partial charge in [-0.05, 0) is 25.1 Å². The highest BCUT2D eigenvalue weighted by Crippen LogP contribution is 2.27. The molecule has 0 aliphatic carbocycles. The number of nitrogens with one attached hydrogen (secondary N) is 1. The summed E-state index contributed by atoms with van der Waals surface area (Å²) >= 11 is 5.89. The van der Waals surface area contributed by atoms with Crippen LogP contribution < -0.4 is 10.1 Å². The van der Waals surface area contributed by atoms with Crippen molar-refractivity contribution in [3.05, 3.63) is 23.2 Å². The fraction of sp³-hybridized carbons (Fsp3) is 0.273. The van der Waals surface area contributed by atoms with Crippen LogP contribution in [0.25, 0.3) is 0 Å². The van der Waals surface area contributed by atoms with Gasteiger partial charge in [0.1, 0.15) is 11.7 Å². The first-order valence-corrected chi connectivity index (χ1v) is 5.00. The zero-order chi connectivity index (χ0) is 12.1. The number of rotatable bonds is 3. The quantitative estimate of drug-likeness (QED) is 0.880. The molecule has 0 aliphatic heterocycles. The van der Waals surface area contributed by atoms with Crippen molar-refractivity contribution in [1.82, 2.24) is 0 Å². The van der Waals surface area contributed by atoms with Crippen molar-refractivity contribution in [1.29, 1.82) is 5.26 Å². The summed E-state index contributed by atoms with van der Waals surface area (Å²) in [5.74, 6) is -0.516. The van der Waals surface area contributed by atoms with Crippen LogP contribution in [0.2, 0.25) is 5.02 Å². The Balaban J connectivity index is 2.80. The van der Waals surface area contributed by atoms with Gasteiger partial charge in [0.15, 0.2) is 0 Å². The Hall–Kier alpha value is -1.73. The molecule has 0 saturated heterocycles. The summed E-state index contributed by atoms with van der Waals surface area (Å²) in [7, 11) is 1.51. The second kappa shape index (κ2) is 5.38. The lowest BCUT2D eigenvalue weighted by Crippen LogP contribution is -2.18. The summed E-state index contributed by atoms with van der Waals surface area (Å²) in [5, 5.41) is 11.6. The molecule has 0 radical (unpaired) electrons. The molecule has 0 fully saturated rings. The van der Waals surface area contributed by atoms with Gasteiger partial charge in [0, 0.05) is 5.69 Å². The van der Waals surface area contributed by atoms with Crippen LogP contribution in [0.5, 0.6) is 5.75 Å². The first-order chi connectivity index (χ1) is 7.58. The van der Waals surface area contributed by atoms with E-state index in [9.17, 15) is 4.79 Å². The van der Waals surface area contributed by atoms with Gasteiger partial charge < -0.3 is 10.1 Å². The van der Waals surface area contributed by atoms with E-state index in [1.807, 2.05) is 6.07 Å². The lowest BCUT2D eigenvalue weighted by molar-refractivity contribution is -0.117. The molecule has 1 atom stereocenters. The molecule has 4 nitrogen and oxygen atoms in total. The van der Waals surface area contributed by atoms with Crippen LogP contribution in [0.15, 0.2) is 18.2 Å². The molecular weight excluding hydrogens is 228 g/mol. The molecule has 1 aromatic rings. The molecule has 0 saturated carbocycles. The summed E-state index contributed by atoms with van der Waals surface area (Å²) in [6.07, 6.45) is 0. The summed E-state index contributed by atoms with van der Waals surface area (Å²) < 4.78 is 4.98. The van der Waals surface area contributed by atoms with E-state index in [1.54, 1.807) is 18.2 Å². The monoisotopic (exact) mass is 238 g/mol. The third-order valence-corrected chi connectivity index (χ3v) is 2.30. The highest BCUT2D eigenvalue weighted by atomic mass is 35.5. The topological polar surface area (TPSA) is 62.1 Å². The SMILES string of the molecule is COc1ccc(NC(=O)C(C)C#N)cc1Cl. The Labute approximate surface area is 98.8 Å². The highest BCUT2D eigenvalue weighted by molar-refractivity contribution is 6.32. The van der Waals surface area contributed by atoms with Gasteiger partial charge in [-0.15, -0.1) is 0 Å². The molecule has 1 aromatic carbocycles. The molecule has 0 heterocycles. The predicted molar refractivity (Wildman–Crippen MR) is 61.4 cm³/mol. The molecule has 5 heteroatoms. The highest BCUT2D eigenvalue weighted by Gasteiger charge is 2.12. The van der Waals surface area contributed by atoms with Gasteiger partial charge in [0.25, 0.3) is 0 Å². The average molecular weight is 239 g/mol. The number of anilines is 1. The largest absolute Gasteiger partial charge is 0.495 e. The Bertz CT molecular complexity index is 440.